The Kier molecular flexibility index (Phi) is 4.82. The summed E-state index contributed by atoms with van der Waals surface area (Å²) in [6, 6.07) is 0. The summed E-state index contributed by atoms with van der Waals surface area (Å²) in [5.74, 6) is -1.12. The molecule has 1 aromatic rings. The topological polar surface area (TPSA) is 68.4 Å². The van der Waals surface area contributed by atoms with Crippen LogP contribution in [0.2, 0.25) is 0 Å². The van der Waals surface area contributed by atoms with Gasteiger partial charge in [-0.25, -0.2) is 8.78 Å². The Bertz CT molecular complexity index is 484. The highest BCUT2D eigenvalue weighted by Crippen LogP contribution is 2.29. The number of pyridine rings is 1. The summed E-state index contributed by atoms with van der Waals surface area (Å²) in [6.45, 7) is 1.77. The fourth-order valence-corrected chi connectivity index (χ4v) is 1.52. The molecule has 100 valence electrons. The predicted molar refractivity (Wildman–Crippen MR) is 58.9 cm³/mol. The third-order valence-electron chi connectivity index (χ3n) is 2.24. The van der Waals surface area contributed by atoms with Gasteiger partial charge in [-0.05, 0) is 12.5 Å². The summed E-state index contributed by atoms with van der Waals surface area (Å²) in [4.78, 5) is 24.8. The molecule has 0 unspecified atom stereocenters. The predicted octanol–water partition coefficient (Wildman–Crippen LogP) is 1.43. The number of carbonyl (C=O) groups excluding carboxylic acids is 1. The van der Waals surface area contributed by atoms with Crippen molar-refractivity contribution in [2.75, 3.05) is 13.7 Å². The van der Waals surface area contributed by atoms with Gasteiger partial charge in [-0.15, -0.1) is 0 Å². The number of rotatable bonds is 5. The number of esters is 1. The zero-order valence-electron chi connectivity index (χ0n) is 9.96. The molecule has 0 aromatic carbocycles. The van der Waals surface area contributed by atoms with Crippen molar-refractivity contribution in [2.24, 2.45) is 0 Å². The standard InChI is InChI=1S/C11H13F2NO4/c1-3-18-7(15)4-6-5-14-11(16)9(17-2)8(6)10(12)13/h5,10H,3-4H2,1-2H3,(H,14,16). The van der Waals surface area contributed by atoms with Crippen LogP contribution in [0.4, 0.5) is 8.78 Å². The molecule has 5 nitrogen and oxygen atoms in total. The van der Waals surface area contributed by atoms with Crippen LogP contribution in [0.15, 0.2) is 11.0 Å². The van der Waals surface area contributed by atoms with E-state index in [0.717, 1.165) is 13.3 Å². The van der Waals surface area contributed by atoms with E-state index in [2.05, 4.69) is 14.5 Å². The zero-order chi connectivity index (χ0) is 13.7. The summed E-state index contributed by atoms with van der Waals surface area (Å²) >= 11 is 0. The SMILES string of the molecule is CCOC(=O)Cc1c[nH]c(=O)c(OC)c1C(F)F. The number of nitrogens with one attached hydrogen (secondary N) is 1. The van der Waals surface area contributed by atoms with Crippen LogP contribution in [0.1, 0.15) is 24.5 Å². The molecule has 7 heteroatoms. The molecule has 0 aliphatic heterocycles. The van der Waals surface area contributed by atoms with E-state index in [-0.39, 0.29) is 18.6 Å². The first-order valence-corrected chi connectivity index (χ1v) is 5.23. The molecule has 0 aliphatic carbocycles. The molecule has 0 spiro atoms. The van der Waals surface area contributed by atoms with Crippen molar-refractivity contribution < 1.29 is 23.0 Å². The van der Waals surface area contributed by atoms with Gasteiger partial charge in [-0.3, -0.25) is 9.59 Å². The molecule has 0 amide bonds. The molecule has 1 N–H and O–H groups in total. The third kappa shape index (κ3) is 3.06. The molecule has 0 aliphatic rings. The van der Waals surface area contributed by atoms with E-state index in [1.807, 2.05) is 0 Å². The lowest BCUT2D eigenvalue weighted by Gasteiger charge is -2.11. The number of alkyl halides is 2. The van der Waals surface area contributed by atoms with Gasteiger partial charge in [0, 0.05) is 6.20 Å². The van der Waals surface area contributed by atoms with Gasteiger partial charge >= 0.3 is 5.97 Å². The Morgan fingerprint density at radius 2 is 2.17 bits per heavy atom. The summed E-state index contributed by atoms with van der Waals surface area (Å²) in [7, 11) is 1.12. The van der Waals surface area contributed by atoms with Gasteiger partial charge in [0.2, 0.25) is 0 Å². The number of hydrogen-bond acceptors (Lipinski definition) is 4. The average Bonchev–Trinajstić information content (AvgIpc) is 2.30. The van der Waals surface area contributed by atoms with Crippen molar-refractivity contribution >= 4 is 5.97 Å². The summed E-state index contributed by atoms with van der Waals surface area (Å²) in [5, 5.41) is 0. The summed E-state index contributed by atoms with van der Waals surface area (Å²) in [6.07, 6.45) is -2.18. The molecule has 0 saturated heterocycles. The molecule has 0 fully saturated rings. The van der Waals surface area contributed by atoms with Crippen molar-refractivity contribution in [3.8, 4) is 5.75 Å². The second-order valence-corrected chi connectivity index (χ2v) is 3.37. The fourth-order valence-electron chi connectivity index (χ4n) is 1.52. The minimum absolute atomic E-state index is 0.0140. The van der Waals surface area contributed by atoms with Crippen LogP contribution in [0.3, 0.4) is 0 Å². The number of methoxy groups -OCH3 is 1. The number of halogens is 2. The van der Waals surface area contributed by atoms with E-state index in [9.17, 15) is 18.4 Å². The minimum atomic E-state index is -2.91. The summed E-state index contributed by atoms with van der Waals surface area (Å²) < 4.78 is 35.1. The Balaban J connectivity index is 3.19. The number of aromatic amines is 1. The number of H-pyrrole nitrogens is 1. The van der Waals surface area contributed by atoms with Crippen molar-refractivity contribution in [3.05, 3.63) is 27.7 Å². The van der Waals surface area contributed by atoms with Gasteiger partial charge in [0.15, 0.2) is 5.75 Å². The second kappa shape index (κ2) is 6.13. The molecule has 0 atom stereocenters. The van der Waals surface area contributed by atoms with Crippen LogP contribution < -0.4 is 10.3 Å². The average molecular weight is 261 g/mol. The van der Waals surface area contributed by atoms with Crippen LogP contribution in [0, 0.1) is 0 Å². The molecule has 0 bridgehead atoms. The van der Waals surface area contributed by atoms with Gasteiger partial charge in [0.25, 0.3) is 12.0 Å². The van der Waals surface area contributed by atoms with Gasteiger partial charge in [-0.1, -0.05) is 0 Å². The van der Waals surface area contributed by atoms with E-state index >= 15 is 0 Å². The maximum atomic E-state index is 12.9. The normalized spacial score (nSPS) is 10.5. The van der Waals surface area contributed by atoms with E-state index < -0.39 is 29.3 Å². The van der Waals surface area contributed by atoms with Crippen LogP contribution >= 0.6 is 0 Å². The number of aromatic nitrogens is 1. The second-order valence-electron chi connectivity index (χ2n) is 3.37. The molecular formula is C11H13F2NO4. The summed E-state index contributed by atoms with van der Waals surface area (Å²) in [5.41, 5.74) is -1.35. The van der Waals surface area contributed by atoms with Crippen LogP contribution in [-0.2, 0) is 16.0 Å². The molecule has 1 heterocycles. The van der Waals surface area contributed by atoms with Crippen LogP contribution in [0.25, 0.3) is 0 Å². The number of carbonyl (C=O) groups is 1. The van der Waals surface area contributed by atoms with Crippen LogP contribution in [0.5, 0.6) is 5.75 Å². The zero-order valence-corrected chi connectivity index (χ0v) is 9.96. The maximum absolute atomic E-state index is 12.9. The Morgan fingerprint density at radius 3 is 2.67 bits per heavy atom. The molecule has 1 rings (SSSR count). The molecule has 0 radical (unpaired) electrons. The van der Waals surface area contributed by atoms with E-state index in [1.54, 1.807) is 6.92 Å². The lowest BCUT2D eigenvalue weighted by molar-refractivity contribution is -0.142. The molecular weight excluding hydrogens is 248 g/mol. The highest BCUT2D eigenvalue weighted by molar-refractivity contribution is 5.73. The van der Waals surface area contributed by atoms with Gasteiger partial charge in [0.1, 0.15) is 0 Å². The smallest absolute Gasteiger partial charge is 0.310 e. The van der Waals surface area contributed by atoms with Crippen molar-refractivity contribution in [3.63, 3.8) is 0 Å². The Morgan fingerprint density at radius 1 is 1.50 bits per heavy atom. The number of hydrogen-bond donors (Lipinski definition) is 1. The highest BCUT2D eigenvalue weighted by Gasteiger charge is 2.23. The first-order valence-electron chi connectivity index (χ1n) is 5.23. The van der Waals surface area contributed by atoms with E-state index in [1.165, 1.54) is 0 Å². The highest BCUT2D eigenvalue weighted by atomic mass is 19.3. The first kappa shape index (κ1) is 14.1. The lowest BCUT2D eigenvalue weighted by atomic mass is 10.1. The molecule has 18 heavy (non-hydrogen) atoms. The number of ether oxygens (including phenoxy) is 2. The largest absolute Gasteiger partial charge is 0.491 e. The third-order valence-corrected chi connectivity index (χ3v) is 2.24. The van der Waals surface area contributed by atoms with E-state index in [4.69, 9.17) is 0 Å². The molecule has 1 aromatic heterocycles. The van der Waals surface area contributed by atoms with Crippen molar-refractivity contribution in [1.29, 1.82) is 0 Å². The fraction of sp³-hybridized carbons (Fsp3) is 0.455. The monoisotopic (exact) mass is 261 g/mol. The van der Waals surface area contributed by atoms with Gasteiger partial charge < -0.3 is 14.5 Å². The Hall–Kier alpha value is -1.92. The van der Waals surface area contributed by atoms with Crippen LogP contribution in [-0.4, -0.2) is 24.7 Å². The lowest BCUT2D eigenvalue weighted by Crippen LogP contribution is -2.17. The van der Waals surface area contributed by atoms with Gasteiger partial charge in [0.05, 0.1) is 25.7 Å². The van der Waals surface area contributed by atoms with Gasteiger partial charge in [-0.2, -0.15) is 0 Å². The minimum Gasteiger partial charge on any atom is -0.491 e. The van der Waals surface area contributed by atoms with E-state index in [0.29, 0.717) is 0 Å². The van der Waals surface area contributed by atoms with Crippen molar-refractivity contribution in [2.45, 2.75) is 19.8 Å². The Labute approximate surface area is 102 Å². The molecule has 0 saturated carbocycles. The van der Waals surface area contributed by atoms with Crippen molar-refractivity contribution in [1.82, 2.24) is 4.98 Å². The quantitative estimate of drug-likeness (QED) is 0.814. The first-order chi connectivity index (χ1) is 8.51. The maximum Gasteiger partial charge on any atom is 0.310 e.